The van der Waals surface area contributed by atoms with Crippen molar-refractivity contribution in [3.8, 4) is 0 Å². The Morgan fingerprint density at radius 2 is 1.74 bits per heavy atom. The Morgan fingerprint density at radius 3 is 2.35 bits per heavy atom. The molecule has 1 aliphatic heterocycles. The maximum absolute atomic E-state index is 13.4. The van der Waals surface area contributed by atoms with Crippen molar-refractivity contribution in [1.29, 1.82) is 0 Å². The van der Waals surface area contributed by atoms with E-state index in [0.717, 1.165) is 35.3 Å². The molecule has 4 amide bonds. The van der Waals surface area contributed by atoms with Crippen LogP contribution in [0.15, 0.2) is 54.6 Å². The van der Waals surface area contributed by atoms with E-state index in [1.165, 1.54) is 5.56 Å². The van der Waals surface area contributed by atoms with Crippen LogP contribution in [0.2, 0.25) is 0 Å². The summed E-state index contributed by atoms with van der Waals surface area (Å²) in [6.45, 7) is 5.72. The van der Waals surface area contributed by atoms with Crippen LogP contribution in [-0.2, 0) is 21.5 Å². The van der Waals surface area contributed by atoms with Gasteiger partial charge >= 0.3 is 6.03 Å². The van der Waals surface area contributed by atoms with Gasteiger partial charge in [0.1, 0.15) is 12.1 Å². The van der Waals surface area contributed by atoms with Crippen molar-refractivity contribution in [2.45, 2.75) is 58.0 Å². The second kappa shape index (κ2) is 9.77. The lowest BCUT2D eigenvalue weighted by Crippen LogP contribution is -2.45. The van der Waals surface area contributed by atoms with E-state index < -0.39 is 11.6 Å². The Kier molecular flexibility index (Phi) is 7.10. The van der Waals surface area contributed by atoms with Crippen molar-refractivity contribution in [3.63, 3.8) is 0 Å². The van der Waals surface area contributed by atoms with Crippen molar-refractivity contribution in [1.82, 2.24) is 15.5 Å². The highest BCUT2D eigenvalue weighted by atomic mass is 16.2. The summed E-state index contributed by atoms with van der Waals surface area (Å²) in [5.41, 5.74) is 1.83. The summed E-state index contributed by atoms with van der Waals surface area (Å²) in [7, 11) is 0. The summed E-state index contributed by atoms with van der Waals surface area (Å²) < 4.78 is 0. The first-order chi connectivity index (χ1) is 14.9. The average Bonchev–Trinajstić information content (AvgIpc) is 3.03. The van der Waals surface area contributed by atoms with Crippen LogP contribution in [0, 0.1) is 0 Å². The fraction of sp³-hybridized carbons (Fsp3) is 0.400. The third-order valence-corrected chi connectivity index (χ3v) is 5.91. The molecule has 1 saturated heterocycles. The molecule has 2 aromatic rings. The fourth-order valence-electron chi connectivity index (χ4n) is 4.00. The molecular weight excluding hydrogens is 390 g/mol. The van der Waals surface area contributed by atoms with Crippen molar-refractivity contribution in [2.75, 3.05) is 6.54 Å². The molecule has 1 fully saturated rings. The van der Waals surface area contributed by atoms with Crippen LogP contribution in [0.1, 0.15) is 62.8 Å². The highest BCUT2D eigenvalue weighted by Crippen LogP contribution is 2.34. The van der Waals surface area contributed by atoms with Gasteiger partial charge in [0.15, 0.2) is 0 Å². The van der Waals surface area contributed by atoms with Crippen molar-refractivity contribution >= 4 is 17.8 Å². The number of aryl methyl sites for hydroxylation is 1. The summed E-state index contributed by atoms with van der Waals surface area (Å²) >= 11 is 0. The second-order valence-electron chi connectivity index (χ2n) is 8.08. The highest BCUT2D eigenvalue weighted by molar-refractivity contribution is 6.09. The molecule has 0 bridgehead atoms. The van der Waals surface area contributed by atoms with Gasteiger partial charge in [-0.05, 0) is 36.5 Å². The lowest BCUT2D eigenvalue weighted by molar-refractivity contribution is -0.135. The molecule has 0 spiro atoms. The highest BCUT2D eigenvalue weighted by Gasteiger charge is 2.52. The Hall–Kier alpha value is -3.15. The van der Waals surface area contributed by atoms with Crippen LogP contribution in [-0.4, -0.2) is 29.3 Å². The van der Waals surface area contributed by atoms with Gasteiger partial charge in [0.05, 0.1) is 6.04 Å². The van der Waals surface area contributed by atoms with Gasteiger partial charge in [-0.2, -0.15) is 0 Å². The van der Waals surface area contributed by atoms with Crippen LogP contribution < -0.4 is 10.6 Å². The molecule has 31 heavy (non-hydrogen) atoms. The van der Waals surface area contributed by atoms with Gasteiger partial charge in [-0.15, -0.1) is 0 Å². The maximum atomic E-state index is 13.4. The Bertz CT molecular complexity index is 927. The normalized spacial score (nSPS) is 19.3. The topological polar surface area (TPSA) is 78.5 Å². The predicted molar refractivity (Wildman–Crippen MR) is 120 cm³/mol. The maximum Gasteiger partial charge on any atom is 0.325 e. The van der Waals surface area contributed by atoms with E-state index in [9.17, 15) is 14.4 Å². The monoisotopic (exact) mass is 421 g/mol. The molecule has 2 atom stereocenters. The minimum absolute atomic E-state index is 0.224. The number of urea groups is 1. The second-order valence-corrected chi connectivity index (χ2v) is 8.08. The third kappa shape index (κ3) is 4.79. The van der Waals surface area contributed by atoms with E-state index in [1.54, 1.807) is 0 Å². The number of rotatable bonds is 9. The quantitative estimate of drug-likeness (QED) is 0.599. The molecule has 6 nitrogen and oxygen atoms in total. The Labute approximate surface area is 184 Å². The molecule has 2 N–H and O–H groups in total. The first-order valence-corrected chi connectivity index (χ1v) is 11.0. The van der Waals surface area contributed by atoms with E-state index in [1.807, 2.05) is 68.4 Å². The van der Waals surface area contributed by atoms with Crippen LogP contribution in [0.25, 0.3) is 0 Å². The zero-order valence-corrected chi connectivity index (χ0v) is 18.5. The molecule has 1 aliphatic rings. The number of imide groups is 1. The van der Waals surface area contributed by atoms with E-state index in [-0.39, 0.29) is 24.4 Å². The SMILES string of the molecule is CCCCC1(c2ccccc2)NC(=O)N(CC(=O)NC(C)c2ccc(CC)cc2)C1=O. The van der Waals surface area contributed by atoms with Crippen LogP contribution in [0.4, 0.5) is 4.79 Å². The first-order valence-electron chi connectivity index (χ1n) is 11.0. The van der Waals surface area contributed by atoms with Crippen molar-refractivity contribution in [3.05, 3.63) is 71.3 Å². The summed E-state index contributed by atoms with van der Waals surface area (Å²) in [5, 5.41) is 5.78. The minimum Gasteiger partial charge on any atom is -0.348 e. The smallest absolute Gasteiger partial charge is 0.325 e. The molecule has 164 valence electrons. The fourth-order valence-corrected chi connectivity index (χ4v) is 4.00. The molecule has 3 rings (SSSR count). The zero-order valence-electron chi connectivity index (χ0n) is 18.5. The summed E-state index contributed by atoms with van der Waals surface area (Å²) in [4.78, 5) is 39.8. The van der Waals surface area contributed by atoms with Gasteiger partial charge in [0.25, 0.3) is 5.91 Å². The van der Waals surface area contributed by atoms with Crippen LogP contribution in [0.5, 0.6) is 0 Å². The van der Waals surface area contributed by atoms with E-state index in [2.05, 4.69) is 17.6 Å². The number of carbonyl (C=O) groups is 3. The molecule has 0 radical (unpaired) electrons. The number of hydrogen-bond donors (Lipinski definition) is 2. The molecule has 0 saturated carbocycles. The van der Waals surface area contributed by atoms with Crippen molar-refractivity contribution < 1.29 is 14.4 Å². The van der Waals surface area contributed by atoms with Gasteiger partial charge < -0.3 is 10.6 Å². The number of carbonyl (C=O) groups excluding carboxylic acids is 3. The molecule has 0 aliphatic carbocycles. The molecule has 1 heterocycles. The van der Waals surface area contributed by atoms with E-state index >= 15 is 0 Å². The lowest BCUT2D eigenvalue weighted by atomic mass is 9.85. The summed E-state index contributed by atoms with van der Waals surface area (Å²) in [5.74, 6) is -0.734. The minimum atomic E-state index is -1.11. The number of hydrogen-bond acceptors (Lipinski definition) is 3. The standard InChI is InChI=1S/C25H31N3O3/c1-4-6-16-25(21-10-8-7-9-11-21)23(30)28(24(31)27-25)17-22(29)26-18(3)20-14-12-19(5-2)13-15-20/h7-15,18H,4-6,16-17H2,1-3H3,(H,26,29)(H,27,31). The van der Waals surface area contributed by atoms with Gasteiger partial charge in [-0.3, -0.25) is 14.5 Å². The predicted octanol–water partition coefficient (Wildman–Crippen LogP) is 4.06. The number of unbranched alkanes of at least 4 members (excludes halogenated alkanes) is 1. The van der Waals surface area contributed by atoms with Gasteiger partial charge in [-0.25, -0.2) is 4.79 Å². The zero-order chi connectivity index (χ0) is 22.4. The summed E-state index contributed by atoms with van der Waals surface area (Å²) in [6, 6.07) is 16.6. The van der Waals surface area contributed by atoms with Gasteiger partial charge in [0.2, 0.25) is 5.91 Å². The Morgan fingerprint density at radius 1 is 1.06 bits per heavy atom. The van der Waals surface area contributed by atoms with Crippen molar-refractivity contribution in [2.24, 2.45) is 0 Å². The molecular formula is C25H31N3O3. The van der Waals surface area contributed by atoms with Gasteiger partial charge in [-0.1, -0.05) is 81.3 Å². The first kappa shape index (κ1) is 22.5. The summed E-state index contributed by atoms with van der Waals surface area (Å²) in [6.07, 6.45) is 3.13. The lowest BCUT2D eigenvalue weighted by Gasteiger charge is -2.27. The molecule has 6 heteroatoms. The van der Waals surface area contributed by atoms with Gasteiger partial charge in [0, 0.05) is 0 Å². The van der Waals surface area contributed by atoms with Crippen LogP contribution >= 0.6 is 0 Å². The largest absolute Gasteiger partial charge is 0.348 e. The third-order valence-electron chi connectivity index (χ3n) is 5.91. The average molecular weight is 422 g/mol. The van der Waals surface area contributed by atoms with Crippen LogP contribution in [0.3, 0.4) is 0 Å². The number of nitrogens with zero attached hydrogens (tertiary/aromatic N) is 1. The van der Waals surface area contributed by atoms with E-state index in [0.29, 0.717) is 6.42 Å². The number of amides is 4. The molecule has 0 aromatic heterocycles. The number of nitrogens with one attached hydrogen (secondary N) is 2. The molecule has 2 unspecified atom stereocenters. The number of benzene rings is 2. The Balaban J connectivity index is 1.72. The van der Waals surface area contributed by atoms with E-state index in [4.69, 9.17) is 0 Å². The molecule has 2 aromatic carbocycles.